The molecule has 1 rings (SSSR count). The lowest BCUT2D eigenvalue weighted by Gasteiger charge is -1.98. The summed E-state index contributed by atoms with van der Waals surface area (Å²) in [5.41, 5.74) is 0. The first-order valence-corrected chi connectivity index (χ1v) is 5.21. The van der Waals surface area contributed by atoms with E-state index in [1.54, 1.807) is 0 Å². The maximum Gasteiger partial charge on any atom is 0.135 e. The van der Waals surface area contributed by atoms with Crippen LogP contribution in [-0.4, -0.2) is 5.78 Å². The fraction of sp³-hybridized carbons (Fsp3) is 0.462. The van der Waals surface area contributed by atoms with Crippen molar-refractivity contribution in [2.45, 2.75) is 33.6 Å². The Morgan fingerprint density at radius 3 is 1.50 bits per heavy atom. The molecule has 0 aliphatic heterocycles. The van der Waals surface area contributed by atoms with Crippen LogP contribution in [0.15, 0.2) is 36.4 Å². The van der Waals surface area contributed by atoms with Gasteiger partial charge >= 0.3 is 0 Å². The van der Waals surface area contributed by atoms with E-state index in [2.05, 4.69) is 0 Å². The summed E-state index contributed by atoms with van der Waals surface area (Å²) in [6.45, 7) is 5.91. The van der Waals surface area contributed by atoms with Crippen molar-refractivity contribution in [1.82, 2.24) is 0 Å². The highest BCUT2D eigenvalue weighted by Crippen LogP contribution is 1.99. The number of ketones is 1. The normalized spacial score (nSPS) is 9.14. The largest absolute Gasteiger partial charge is 0.299 e. The summed E-state index contributed by atoms with van der Waals surface area (Å²) in [6, 6.07) is 12.0. The summed E-state index contributed by atoms with van der Waals surface area (Å²) in [7, 11) is 0. The molecule has 0 radical (unpaired) electrons. The Kier molecular flexibility index (Phi) is 7.81. The van der Waals surface area contributed by atoms with Crippen LogP contribution in [0, 0.1) is 5.92 Å². The van der Waals surface area contributed by atoms with Gasteiger partial charge in [0.25, 0.3) is 0 Å². The topological polar surface area (TPSA) is 17.1 Å². The van der Waals surface area contributed by atoms with Crippen LogP contribution in [0.1, 0.15) is 33.6 Å². The molecule has 0 N–H and O–H groups in total. The van der Waals surface area contributed by atoms with Crippen LogP contribution in [0.4, 0.5) is 0 Å². The number of hydrogen-bond donors (Lipinski definition) is 0. The van der Waals surface area contributed by atoms with E-state index in [0.717, 1.165) is 12.8 Å². The van der Waals surface area contributed by atoms with Crippen molar-refractivity contribution in [2.24, 2.45) is 5.92 Å². The van der Waals surface area contributed by atoms with E-state index >= 15 is 0 Å². The van der Waals surface area contributed by atoms with E-state index in [4.69, 9.17) is 0 Å². The predicted octanol–water partition coefficient (Wildman–Crippen LogP) is 3.70. The summed E-state index contributed by atoms with van der Waals surface area (Å²) in [5, 5.41) is 0. The molecule has 1 aromatic rings. The molecule has 78 valence electrons. The summed E-state index contributed by atoms with van der Waals surface area (Å²) >= 11 is 0. The molecule has 0 unspecified atom stereocenters. The second-order valence-corrected chi connectivity index (χ2v) is 3.53. The maximum atomic E-state index is 10.7. The molecule has 0 atom stereocenters. The molecule has 0 saturated carbocycles. The fourth-order valence-corrected chi connectivity index (χ4v) is 0.920. The van der Waals surface area contributed by atoms with Crippen molar-refractivity contribution in [2.75, 3.05) is 0 Å². The third-order valence-electron chi connectivity index (χ3n) is 1.81. The van der Waals surface area contributed by atoms with Crippen molar-refractivity contribution < 1.29 is 4.79 Å². The fourth-order valence-electron chi connectivity index (χ4n) is 0.920. The van der Waals surface area contributed by atoms with Crippen LogP contribution >= 0.6 is 0 Å². The van der Waals surface area contributed by atoms with Gasteiger partial charge in [-0.05, 0) is 6.42 Å². The highest BCUT2D eigenvalue weighted by atomic mass is 16.1. The Morgan fingerprint density at radius 1 is 1.00 bits per heavy atom. The van der Waals surface area contributed by atoms with E-state index in [-0.39, 0.29) is 5.92 Å². The van der Waals surface area contributed by atoms with Crippen molar-refractivity contribution in [3.8, 4) is 0 Å². The first kappa shape index (κ1) is 12.9. The molecule has 0 bridgehead atoms. The van der Waals surface area contributed by atoms with Crippen LogP contribution < -0.4 is 0 Å². The quantitative estimate of drug-likeness (QED) is 0.713. The van der Waals surface area contributed by atoms with Gasteiger partial charge < -0.3 is 0 Å². The second kappa shape index (κ2) is 8.49. The Morgan fingerprint density at radius 2 is 1.36 bits per heavy atom. The molecule has 0 spiro atoms. The lowest BCUT2D eigenvalue weighted by Crippen LogP contribution is -2.04. The zero-order valence-corrected chi connectivity index (χ0v) is 9.36. The molecule has 14 heavy (non-hydrogen) atoms. The molecule has 0 heterocycles. The van der Waals surface area contributed by atoms with Crippen LogP contribution in [0.2, 0.25) is 0 Å². The Labute approximate surface area is 87.2 Å². The van der Waals surface area contributed by atoms with Gasteiger partial charge in [0.15, 0.2) is 0 Å². The van der Waals surface area contributed by atoms with Gasteiger partial charge in [-0.1, -0.05) is 57.2 Å². The number of hydrogen-bond acceptors (Lipinski definition) is 1. The molecule has 0 amide bonds. The molecule has 0 fully saturated rings. The number of carbonyl (C=O) groups is 1. The van der Waals surface area contributed by atoms with Gasteiger partial charge in [0.1, 0.15) is 5.78 Å². The number of Topliss-reactive ketones (excluding diaryl/α,β-unsaturated/α-hetero) is 1. The van der Waals surface area contributed by atoms with E-state index in [1.165, 1.54) is 0 Å². The maximum absolute atomic E-state index is 10.7. The van der Waals surface area contributed by atoms with Gasteiger partial charge in [-0.15, -0.1) is 0 Å². The van der Waals surface area contributed by atoms with Crippen molar-refractivity contribution in [1.29, 1.82) is 0 Å². The monoisotopic (exact) mass is 192 g/mol. The Bertz CT molecular complexity index is 200. The average Bonchev–Trinajstić information content (AvgIpc) is 2.21. The third kappa shape index (κ3) is 7.53. The average molecular weight is 192 g/mol. The van der Waals surface area contributed by atoms with E-state index in [9.17, 15) is 4.79 Å². The SMILES string of the molecule is CCCC(=O)C(C)C.c1ccccc1. The molecule has 0 aliphatic carbocycles. The molecular weight excluding hydrogens is 172 g/mol. The molecular formula is C13H20O. The van der Waals surface area contributed by atoms with E-state index in [0.29, 0.717) is 5.78 Å². The van der Waals surface area contributed by atoms with Crippen LogP contribution in [0.5, 0.6) is 0 Å². The number of benzene rings is 1. The van der Waals surface area contributed by atoms with Gasteiger partial charge in [-0.2, -0.15) is 0 Å². The van der Waals surface area contributed by atoms with Gasteiger partial charge in [0.2, 0.25) is 0 Å². The Hall–Kier alpha value is -1.11. The van der Waals surface area contributed by atoms with Crippen molar-refractivity contribution in [3.63, 3.8) is 0 Å². The second-order valence-electron chi connectivity index (χ2n) is 3.53. The minimum atomic E-state index is 0.231. The molecule has 1 aromatic carbocycles. The predicted molar refractivity (Wildman–Crippen MR) is 61.2 cm³/mol. The zero-order chi connectivity index (χ0) is 10.8. The highest BCUT2D eigenvalue weighted by Gasteiger charge is 2.03. The smallest absolute Gasteiger partial charge is 0.135 e. The summed E-state index contributed by atoms with van der Waals surface area (Å²) < 4.78 is 0. The van der Waals surface area contributed by atoms with Crippen LogP contribution in [0.3, 0.4) is 0 Å². The number of rotatable bonds is 3. The van der Waals surface area contributed by atoms with Gasteiger partial charge in [-0.25, -0.2) is 0 Å². The summed E-state index contributed by atoms with van der Waals surface area (Å²) in [5.74, 6) is 0.613. The molecule has 0 aromatic heterocycles. The summed E-state index contributed by atoms with van der Waals surface area (Å²) in [6.07, 6.45) is 1.73. The molecule has 0 saturated heterocycles. The molecule has 0 aliphatic rings. The van der Waals surface area contributed by atoms with E-state index < -0.39 is 0 Å². The lowest BCUT2D eigenvalue weighted by atomic mass is 10.1. The number of carbonyl (C=O) groups excluding carboxylic acids is 1. The van der Waals surface area contributed by atoms with Gasteiger partial charge in [-0.3, -0.25) is 4.79 Å². The third-order valence-corrected chi connectivity index (χ3v) is 1.81. The van der Waals surface area contributed by atoms with Crippen LogP contribution in [-0.2, 0) is 4.79 Å². The first-order valence-electron chi connectivity index (χ1n) is 5.21. The van der Waals surface area contributed by atoms with E-state index in [1.807, 2.05) is 57.2 Å². The zero-order valence-electron chi connectivity index (χ0n) is 9.36. The van der Waals surface area contributed by atoms with Crippen molar-refractivity contribution in [3.05, 3.63) is 36.4 Å². The van der Waals surface area contributed by atoms with Crippen molar-refractivity contribution >= 4 is 5.78 Å². The Balaban J connectivity index is 0.000000249. The van der Waals surface area contributed by atoms with Gasteiger partial charge in [0, 0.05) is 12.3 Å². The standard InChI is InChI=1S/C7H14O.C6H6/c1-4-5-7(8)6(2)3;1-2-4-6-5-3-1/h6H,4-5H2,1-3H3;1-6H. The minimum absolute atomic E-state index is 0.231. The van der Waals surface area contributed by atoms with Gasteiger partial charge in [0.05, 0.1) is 0 Å². The summed E-state index contributed by atoms with van der Waals surface area (Å²) in [4.78, 5) is 10.7. The highest BCUT2D eigenvalue weighted by molar-refractivity contribution is 5.80. The first-order chi connectivity index (χ1) is 6.68. The van der Waals surface area contributed by atoms with Crippen LogP contribution in [0.25, 0.3) is 0 Å². The lowest BCUT2D eigenvalue weighted by molar-refractivity contribution is -0.121. The molecule has 1 nitrogen and oxygen atoms in total. The molecule has 1 heteroatoms. The minimum Gasteiger partial charge on any atom is -0.299 e.